The molecule has 0 aliphatic carbocycles. The van der Waals surface area contributed by atoms with Gasteiger partial charge in [-0.25, -0.2) is 0 Å². The summed E-state index contributed by atoms with van der Waals surface area (Å²) in [5.74, 6) is -0.735. The number of nitriles is 1. The molecule has 0 spiro atoms. The molecule has 0 saturated heterocycles. The lowest BCUT2D eigenvalue weighted by atomic mass is 10.0. The first kappa shape index (κ1) is 22.4. The molecule has 4 aromatic rings. The molecule has 0 fully saturated rings. The first-order valence-corrected chi connectivity index (χ1v) is 10.5. The van der Waals surface area contributed by atoms with Crippen LogP contribution in [-0.2, 0) is 13.0 Å². The molecule has 0 atom stereocenters. The van der Waals surface area contributed by atoms with E-state index in [4.69, 9.17) is 5.26 Å². The summed E-state index contributed by atoms with van der Waals surface area (Å²) in [6.45, 7) is 0.204. The van der Waals surface area contributed by atoms with Gasteiger partial charge in [-0.3, -0.25) is 14.8 Å². The summed E-state index contributed by atoms with van der Waals surface area (Å²) in [6.07, 6.45) is 5.66. The number of benzene rings is 3. The molecule has 0 amide bonds. The molecule has 7 nitrogen and oxygen atoms in total. The van der Waals surface area contributed by atoms with E-state index in [1.54, 1.807) is 18.2 Å². The molecule has 1 heterocycles. The number of aromatic amines is 1. The molecular weight excluding hydrogens is 430 g/mol. The fourth-order valence-corrected chi connectivity index (χ4v) is 3.53. The summed E-state index contributed by atoms with van der Waals surface area (Å²) in [6, 6.07) is 19.5. The van der Waals surface area contributed by atoms with Gasteiger partial charge in [0, 0.05) is 17.0 Å². The van der Waals surface area contributed by atoms with Crippen LogP contribution in [0.5, 0.6) is 17.4 Å². The second-order valence-corrected chi connectivity index (χ2v) is 7.72. The normalized spacial score (nSPS) is 11.4. The molecular formula is C27H21N3O4. The third-order valence-corrected chi connectivity index (χ3v) is 5.33. The number of aliphatic imine (C=N–C) groups is 1. The number of fused-ring (bicyclic) bond motifs is 1. The van der Waals surface area contributed by atoms with Crippen molar-refractivity contribution >= 4 is 29.1 Å². The summed E-state index contributed by atoms with van der Waals surface area (Å²) in [4.78, 5) is 19.1. The van der Waals surface area contributed by atoms with Crippen molar-refractivity contribution in [1.82, 2.24) is 4.98 Å². The maximum atomic E-state index is 12.3. The predicted octanol–water partition coefficient (Wildman–Crippen LogP) is 4.50. The number of hydrogen-bond acceptors (Lipinski definition) is 6. The molecule has 3 aromatic carbocycles. The van der Waals surface area contributed by atoms with Crippen molar-refractivity contribution in [2.45, 2.75) is 13.0 Å². The first-order valence-electron chi connectivity index (χ1n) is 10.5. The Balaban J connectivity index is 1.64. The maximum Gasteiger partial charge on any atom is 0.258 e. The van der Waals surface area contributed by atoms with Gasteiger partial charge in [0.05, 0.1) is 24.6 Å². The number of aromatic nitrogens is 1. The zero-order valence-corrected chi connectivity index (χ0v) is 18.1. The largest absolute Gasteiger partial charge is 0.504 e. The van der Waals surface area contributed by atoms with E-state index in [0.717, 1.165) is 16.7 Å². The van der Waals surface area contributed by atoms with Crippen LogP contribution in [0.15, 0.2) is 70.5 Å². The Morgan fingerprint density at radius 2 is 1.56 bits per heavy atom. The summed E-state index contributed by atoms with van der Waals surface area (Å²) >= 11 is 0. The van der Waals surface area contributed by atoms with Gasteiger partial charge < -0.3 is 15.3 Å². The third-order valence-electron chi connectivity index (χ3n) is 5.33. The lowest BCUT2D eigenvalue weighted by Crippen LogP contribution is -2.08. The molecule has 7 heteroatoms. The number of rotatable bonds is 6. The maximum absolute atomic E-state index is 12.3. The van der Waals surface area contributed by atoms with Crippen molar-refractivity contribution in [3.05, 3.63) is 98.8 Å². The van der Waals surface area contributed by atoms with E-state index in [9.17, 15) is 20.1 Å². The zero-order valence-electron chi connectivity index (χ0n) is 18.1. The molecule has 0 saturated carbocycles. The standard InChI is InChI=1S/C27H21N3O4/c28-12-11-18-3-1-17(2-4-18)5-6-19-7-9-21-22(13-19)23(27(34)30-26(21)33)16-29-15-20-8-10-24(31)25(32)14-20/h1-10,13-14,16,31-32H,11,15H2,(H2,30,33,34). The second kappa shape index (κ2) is 9.76. The van der Waals surface area contributed by atoms with Crippen LogP contribution in [0.1, 0.15) is 27.8 Å². The van der Waals surface area contributed by atoms with E-state index in [2.05, 4.69) is 16.0 Å². The highest BCUT2D eigenvalue weighted by molar-refractivity contribution is 6.02. The minimum atomic E-state index is -0.406. The smallest absolute Gasteiger partial charge is 0.258 e. The van der Waals surface area contributed by atoms with Gasteiger partial charge >= 0.3 is 0 Å². The van der Waals surface area contributed by atoms with Crippen LogP contribution < -0.4 is 5.56 Å². The van der Waals surface area contributed by atoms with Crippen molar-refractivity contribution in [2.24, 2.45) is 4.99 Å². The topological polar surface area (TPSA) is 130 Å². The predicted molar refractivity (Wildman–Crippen MR) is 132 cm³/mol. The molecule has 0 aliphatic rings. The van der Waals surface area contributed by atoms with Crippen LogP contribution in [0, 0.1) is 11.3 Å². The Bertz CT molecular complexity index is 1510. The van der Waals surface area contributed by atoms with Crippen molar-refractivity contribution < 1.29 is 15.3 Å². The van der Waals surface area contributed by atoms with Crippen molar-refractivity contribution in [2.75, 3.05) is 0 Å². The number of nitrogens with one attached hydrogen (secondary N) is 1. The lowest BCUT2D eigenvalue weighted by Gasteiger charge is -2.06. The van der Waals surface area contributed by atoms with Crippen LogP contribution in [0.2, 0.25) is 0 Å². The van der Waals surface area contributed by atoms with E-state index < -0.39 is 5.56 Å². The highest BCUT2D eigenvalue weighted by Crippen LogP contribution is 2.26. The number of pyridine rings is 1. The minimum absolute atomic E-state index is 0.204. The van der Waals surface area contributed by atoms with Crippen LogP contribution in [-0.4, -0.2) is 26.5 Å². The number of phenols is 2. The van der Waals surface area contributed by atoms with Gasteiger partial charge in [-0.2, -0.15) is 5.26 Å². The second-order valence-electron chi connectivity index (χ2n) is 7.72. The molecule has 1 aromatic heterocycles. The van der Waals surface area contributed by atoms with Gasteiger partial charge in [0.25, 0.3) is 5.56 Å². The number of hydrogen-bond donors (Lipinski definition) is 4. The molecule has 4 N–H and O–H groups in total. The minimum Gasteiger partial charge on any atom is -0.504 e. The summed E-state index contributed by atoms with van der Waals surface area (Å²) in [5.41, 5.74) is 3.38. The van der Waals surface area contributed by atoms with Crippen LogP contribution in [0.3, 0.4) is 0 Å². The Kier molecular flexibility index (Phi) is 6.42. The molecule has 0 bridgehead atoms. The van der Waals surface area contributed by atoms with Gasteiger partial charge in [-0.1, -0.05) is 48.6 Å². The summed E-state index contributed by atoms with van der Waals surface area (Å²) in [7, 11) is 0. The molecule has 4 rings (SSSR count). The highest BCUT2D eigenvalue weighted by atomic mass is 16.3. The van der Waals surface area contributed by atoms with E-state index in [1.165, 1.54) is 18.3 Å². The first-order chi connectivity index (χ1) is 16.4. The monoisotopic (exact) mass is 451 g/mol. The molecule has 0 aliphatic heterocycles. The van der Waals surface area contributed by atoms with Crippen molar-refractivity contribution in [1.29, 1.82) is 5.26 Å². The Labute approximate surface area is 195 Å². The number of H-pyrrole nitrogens is 1. The van der Waals surface area contributed by atoms with Crippen LogP contribution >= 0.6 is 0 Å². The van der Waals surface area contributed by atoms with Crippen molar-refractivity contribution in [3.63, 3.8) is 0 Å². The Morgan fingerprint density at radius 3 is 2.29 bits per heavy atom. The average Bonchev–Trinajstić information content (AvgIpc) is 2.83. The quantitative estimate of drug-likeness (QED) is 0.195. The van der Waals surface area contributed by atoms with E-state index in [-0.39, 0.29) is 23.9 Å². The third kappa shape index (κ3) is 4.97. The summed E-state index contributed by atoms with van der Waals surface area (Å²) in [5, 5.41) is 39.2. The lowest BCUT2D eigenvalue weighted by molar-refractivity contribution is 0.403. The number of nitrogens with zero attached hydrogens (tertiary/aromatic N) is 2. The van der Waals surface area contributed by atoms with E-state index in [1.807, 2.05) is 42.5 Å². The van der Waals surface area contributed by atoms with Crippen LogP contribution in [0.25, 0.3) is 22.9 Å². The fourth-order valence-electron chi connectivity index (χ4n) is 3.53. The SMILES string of the molecule is N#CCc1ccc(C=Cc2ccc3c(=O)[nH]c(O)c(C=NCc4ccc(O)c(O)c4)c3c2)cc1. The van der Waals surface area contributed by atoms with Crippen molar-refractivity contribution in [3.8, 4) is 23.4 Å². The fraction of sp³-hybridized carbons (Fsp3) is 0.0741. The van der Waals surface area contributed by atoms with Crippen LogP contribution in [0.4, 0.5) is 0 Å². The molecule has 0 unspecified atom stereocenters. The summed E-state index contributed by atoms with van der Waals surface area (Å²) < 4.78 is 0. The van der Waals surface area contributed by atoms with E-state index >= 15 is 0 Å². The van der Waals surface area contributed by atoms with Gasteiger partial charge in [-0.15, -0.1) is 0 Å². The van der Waals surface area contributed by atoms with Gasteiger partial charge in [-0.05, 0) is 46.5 Å². The number of aromatic hydroxyl groups is 3. The average molecular weight is 451 g/mol. The number of phenolic OH excluding ortho intramolecular Hbond substituents is 2. The molecule has 34 heavy (non-hydrogen) atoms. The highest BCUT2D eigenvalue weighted by Gasteiger charge is 2.10. The molecule has 0 radical (unpaired) electrons. The molecule has 168 valence electrons. The van der Waals surface area contributed by atoms with E-state index in [0.29, 0.717) is 28.3 Å². The van der Waals surface area contributed by atoms with Gasteiger partial charge in [0.2, 0.25) is 5.88 Å². The van der Waals surface area contributed by atoms with Gasteiger partial charge in [0.1, 0.15) is 0 Å². The Morgan fingerprint density at radius 1 is 0.853 bits per heavy atom. The van der Waals surface area contributed by atoms with Gasteiger partial charge in [0.15, 0.2) is 11.5 Å². The zero-order chi connectivity index (χ0) is 24.1. The Hall–Kier alpha value is -4.83.